The van der Waals surface area contributed by atoms with Crippen molar-refractivity contribution in [1.29, 1.82) is 0 Å². The van der Waals surface area contributed by atoms with Gasteiger partial charge in [0.1, 0.15) is 0 Å². The van der Waals surface area contributed by atoms with Gasteiger partial charge in [-0.1, -0.05) is 45.0 Å². The molecule has 1 saturated heterocycles. The lowest BCUT2D eigenvalue weighted by Crippen LogP contribution is -2.45. The fraction of sp³-hybridized carbons (Fsp3) is 0.611. The topological polar surface area (TPSA) is 32.3 Å². The molecule has 0 amide bonds. The van der Waals surface area contributed by atoms with Crippen LogP contribution in [0.3, 0.4) is 0 Å². The summed E-state index contributed by atoms with van der Waals surface area (Å²) in [5, 5.41) is 3.38. The number of carbonyl (C=O) groups is 1. The number of hydrogen-bond acceptors (Lipinski definition) is 3. The molecule has 2 rings (SSSR count). The fourth-order valence-electron chi connectivity index (χ4n) is 3.00. The van der Waals surface area contributed by atoms with E-state index in [4.69, 9.17) is 0 Å². The number of benzene rings is 1. The van der Waals surface area contributed by atoms with Crippen LogP contribution in [0.4, 0.5) is 0 Å². The highest BCUT2D eigenvalue weighted by Gasteiger charge is 2.22. The maximum atomic E-state index is 12.5. The molecule has 3 heteroatoms. The van der Waals surface area contributed by atoms with Gasteiger partial charge in [0.05, 0.1) is 6.54 Å². The van der Waals surface area contributed by atoms with Gasteiger partial charge in [0.25, 0.3) is 0 Å². The van der Waals surface area contributed by atoms with Gasteiger partial charge in [0.15, 0.2) is 5.78 Å². The largest absolute Gasteiger partial charge is 0.317 e. The number of piperidine rings is 1. The van der Waals surface area contributed by atoms with Gasteiger partial charge in [-0.15, -0.1) is 0 Å². The Hall–Kier alpha value is -1.19. The van der Waals surface area contributed by atoms with Crippen molar-refractivity contribution in [1.82, 2.24) is 10.2 Å². The summed E-state index contributed by atoms with van der Waals surface area (Å²) >= 11 is 0. The van der Waals surface area contributed by atoms with Crippen molar-refractivity contribution in [3.05, 3.63) is 35.4 Å². The van der Waals surface area contributed by atoms with Crippen molar-refractivity contribution in [2.75, 3.05) is 26.2 Å². The molecule has 1 aliphatic rings. The Bertz CT molecular complexity index is 447. The third-order valence-corrected chi connectivity index (χ3v) is 4.48. The third-order valence-electron chi connectivity index (χ3n) is 4.48. The van der Waals surface area contributed by atoms with Gasteiger partial charge in [-0.3, -0.25) is 9.69 Å². The summed E-state index contributed by atoms with van der Waals surface area (Å²) in [6.07, 6.45) is 2.29. The zero-order valence-corrected chi connectivity index (χ0v) is 13.6. The second-order valence-electron chi connectivity index (χ2n) is 6.24. The van der Waals surface area contributed by atoms with Gasteiger partial charge in [-0.05, 0) is 44.0 Å². The summed E-state index contributed by atoms with van der Waals surface area (Å²) in [6, 6.07) is 8.68. The average molecular weight is 288 g/mol. The van der Waals surface area contributed by atoms with Gasteiger partial charge in [0, 0.05) is 11.6 Å². The molecule has 0 unspecified atom stereocenters. The Morgan fingerprint density at radius 1 is 1.24 bits per heavy atom. The lowest BCUT2D eigenvalue weighted by atomic mass is 9.99. The molecule has 0 saturated carbocycles. The predicted octanol–water partition coefficient (Wildman–Crippen LogP) is 3.07. The summed E-state index contributed by atoms with van der Waals surface area (Å²) in [5.41, 5.74) is 2.13. The summed E-state index contributed by atoms with van der Waals surface area (Å²) < 4.78 is 0. The van der Waals surface area contributed by atoms with E-state index in [2.05, 4.69) is 43.1 Å². The molecule has 1 fully saturated rings. The first-order chi connectivity index (χ1) is 10.1. The second kappa shape index (κ2) is 7.71. The molecular weight excluding hydrogens is 260 g/mol. The molecule has 0 spiro atoms. The van der Waals surface area contributed by atoms with E-state index in [1.165, 1.54) is 5.56 Å². The van der Waals surface area contributed by atoms with Crippen molar-refractivity contribution in [3.8, 4) is 0 Å². The summed E-state index contributed by atoms with van der Waals surface area (Å²) in [6.45, 7) is 10.1. The maximum Gasteiger partial charge on any atom is 0.176 e. The molecule has 0 bridgehead atoms. The van der Waals surface area contributed by atoms with Crippen LogP contribution in [0.15, 0.2) is 24.3 Å². The minimum Gasteiger partial charge on any atom is -0.317 e. The molecule has 21 heavy (non-hydrogen) atoms. The van der Waals surface area contributed by atoms with E-state index in [1.54, 1.807) is 0 Å². The Morgan fingerprint density at radius 2 is 1.86 bits per heavy atom. The third kappa shape index (κ3) is 4.39. The minimum absolute atomic E-state index is 0.241. The van der Waals surface area contributed by atoms with Crippen LogP contribution in [-0.2, 0) is 0 Å². The van der Waals surface area contributed by atoms with Gasteiger partial charge in [-0.25, -0.2) is 0 Å². The van der Waals surface area contributed by atoms with Crippen molar-refractivity contribution in [3.63, 3.8) is 0 Å². The normalized spacial score (nSPS) is 16.6. The van der Waals surface area contributed by atoms with Crippen LogP contribution in [0, 0.1) is 0 Å². The van der Waals surface area contributed by atoms with Crippen LogP contribution in [0.1, 0.15) is 55.5 Å². The van der Waals surface area contributed by atoms with E-state index in [-0.39, 0.29) is 5.78 Å². The molecule has 1 N–H and O–H groups in total. The molecule has 3 nitrogen and oxygen atoms in total. The molecule has 0 aliphatic carbocycles. The molecule has 1 heterocycles. The number of ketones is 1. The van der Waals surface area contributed by atoms with E-state index in [0.29, 0.717) is 18.5 Å². The summed E-state index contributed by atoms with van der Waals surface area (Å²) in [7, 11) is 0. The molecule has 0 aromatic heterocycles. The first-order valence-electron chi connectivity index (χ1n) is 8.19. The standard InChI is InChI=1S/C18H28N2O/c1-4-20(17-9-11-19-12-10-17)13-18(21)16-7-5-15(6-8-16)14(2)3/h5-8,14,17,19H,4,9-13H2,1-3H3. The first-order valence-corrected chi connectivity index (χ1v) is 8.19. The monoisotopic (exact) mass is 288 g/mol. The molecule has 0 radical (unpaired) electrons. The number of nitrogens with zero attached hydrogens (tertiary/aromatic N) is 1. The van der Waals surface area contributed by atoms with Gasteiger partial charge in [-0.2, -0.15) is 0 Å². The van der Waals surface area contributed by atoms with E-state index >= 15 is 0 Å². The number of rotatable bonds is 6. The molecule has 1 aliphatic heterocycles. The molecular formula is C18H28N2O. The Labute approximate surface area is 128 Å². The summed E-state index contributed by atoms with van der Waals surface area (Å²) in [5.74, 6) is 0.752. The number of Topliss-reactive ketones (excluding diaryl/α,β-unsaturated/α-hetero) is 1. The quantitative estimate of drug-likeness (QED) is 0.817. The van der Waals surface area contributed by atoms with Crippen LogP contribution in [0.2, 0.25) is 0 Å². The highest BCUT2D eigenvalue weighted by Crippen LogP contribution is 2.16. The highest BCUT2D eigenvalue weighted by molar-refractivity contribution is 5.97. The number of carbonyl (C=O) groups excluding carboxylic acids is 1. The highest BCUT2D eigenvalue weighted by atomic mass is 16.1. The zero-order chi connectivity index (χ0) is 15.2. The van der Waals surface area contributed by atoms with Crippen LogP contribution >= 0.6 is 0 Å². The van der Waals surface area contributed by atoms with Gasteiger partial charge >= 0.3 is 0 Å². The van der Waals surface area contributed by atoms with Gasteiger partial charge < -0.3 is 5.32 Å². The maximum absolute atomic E-state index is 12.5. The smallest absolute Gasteiger partial charge is 0.176 e. The number of nitrogens with one attached hydrogen (secondary N) is 1. The second-order valence-corrected chi connectivity index (χ2v) is 6.24. The van der Waals surface area contributed by atoms with Crippen molar-refractivity contribution < 1.29 is 4.79 Å². The molecule has 1 aromatic carbocycles. The van der Waals surface area contributed by atoms with Crippen LogP contribution < -0.4 is 5.32 Å². The first kappa shape index (κ1) is 16.2. The number of likely N-dealkylation sites (N-methyl/N-ethyl adjacent to an activating group) is 1. The van der Waals surface area contributed by atoms with E-state index in [1.807, 2.05) is 12.1 Å². The average Bonchev–Trinajstić information content (AvgIpc) is 2.53. The molecule has 1 aromatic rings. The van der Waals surface area contributed by atoms with Crippen molar-refractivity contribution >= 4 is 5.78 Å². The minimum atomic E-state index is 0.241. The number of hydrogen-bond donors (Lipinski definition) is 1. The van der Waals surface area contributed by atoms with E-state index in [9.17, 15) is 4.79 Å². The van der Waals surface area contributed by atoms with E-state index < -0.39 is 0 Å². The summed E-state index contributed by atoms with van der Waals surface area (Å²) in [4.78, 5) is 14.8. The van der Waals surface area contributed by atoms with E-state index in [0.717, 1.165) is 38.0 Å². The Morgan fingerprint density at radius 3 is 2.38 bits per heavy atom. The SMILES string of the molecule is CCN(CC(=O)c1ccc(C(C)C)cc1)C1CCNCC1. The lowest BCUT2D eigenvalue weighted by Gasteiger charge is -2.33. The lowest BCUT2D eigenvalue weighted by molar-refractivity contribution is 0.0874. The van der Waals surface area contributed by atoms with Crippen molar-refractivity contribution in [2.24, 2.45) is 0 Å². The van der Waals surface area contributed by atoms with Gasteiger partial charge in [0.2, 0.25) is 0 Å². The Balaban J connectivity index is 1.98. The van der Waals surface area contributed by atoms with Crippen LogP contribution in [-0.4, -0.2) is 42.9 Å². The Kier molecular flexibility index (Phi) is 5.95. The van der Waals surface area contributed by atoms with Crippen molar-refractivity contribution in [2.45, 2.75) is 45.6 Å². The molecule has 116 valence electrons. The zero-order valence-electron chi connectivity index (χ0n) is 13.6. The van der Waals surface area contributed by atoms with Crippen LogP contribution in [0.25, 0.3) is 0 Å². The fourth-order valence-corrected chi connectivity index (χ4v) is 3.00. The predicted molar refractivity (Wildman–Crippen MR) is 88.0 cm³/mol. The molecule has 0 atom stereocenters. The van der Waals surface area contributed by atoms with Crippen LogP contribution in [0.5, 0.6) is 0 Å².